The third-order valence-corrected chi connectivity index (χ3v) is 4.82. The Morgan fingerprint density at radius 2 is 1.87 bits per heavy atom. The van der Waals surface area contributed by atoms with Gasteiger partial charge in [0.15, 0.2) is 0 Å². The smallest absolute Gasteiger partial charge is 0.254 e. The van der Waals surface area contributed by atoms with Gasteiger partial charge in [0, 0.05) is 23.8 Å². The molecule has 1 N–H and O–H groups in total. The summed E-state index contributed by atoms with van der Waals surface area (Å²) in [6.45, 7) is 5.02. The number of sulfonamides is 1. The van der Waals surface area contributed by atoms with Crippen LogP contribution in [-0.2, 0) is 16.4 Å². The molecule has 1 aromatic carbocycles. The van der Waals surface area contributed by atoms with Crippen LogP contribution < -0.4 is 4.72 Å². The second kappa shape index (κ2) is 7.34. The monoisotopic (exact) mass is 338 g/mol. The normalized spacial score (nSPS) is 15.0. The topological polar surface area (TPSA) is 66.5 Å². The number of nitrogens with zero attached hydrogens (tertiary/aromatic N) is 1. The zero-order valence-corrected chi connectivity index (χ0v) is 14.9. The first-order valence-corrected chi connectivity index (χ1v) is 10.2. The van der Waals surface area contributed by atoms with Crippen LogP contribution in [0.15, 0.2) is 18.2 Å². The maximum Gasteiger partial charge on any atom is 0.254 e. The Balaban J connectivity index is 2.28. The van der Waals surface area contributed by atoms with E-state index in [2.05, 4.69) is 18.6 Å². The Morgan fingerprint density at radius 3 is 2.43 bits per heavy atom. The molecule has 1 aliphatic rings. The van der Waals surface area contributed by atoms with Crippen molar-refractivity contribution in [1.82, 2.24) is 4.90 Å². The lowest BCUT2D eigenvalue weighted by Crippen LogP contribution is -2.44. The molecule has 0 atom stereocenters. The van der Waals surface area contributed by atoms with Crippen molar-refractivity contribution in [2.24, 2.45) is 0 Å². The van der Waals surface area contributed by atoms with E-state index in [0.717, 1.165) is 50.5 Å². The number of fused-ring (bicyclic) bond motifs is 1. The van der Waals surface area contributed by atoms with Gasteiger partial charge in [-0.25, -0.2) is 8.42 Å². The molecule has 1 heterocycles. The Labute approximate surface area is 139 Å². The fourth-order valence-electron chi connectivity index (χ4n) is 3.24. The van der Waals surface area contributed by atoms with E-state index in [4.69, 9.17) is 0 Å². The molecular weight excluding hydrogens is 312 g/mol. The van der Waals surface area contributed by atoms with Gasteiger partial charge < -0.3 is 4.90 Å². The van der Waals surface area contributed by atoms with Crippen LogP contribution in [0.3, 0.4) is 0 Å². The Kier molecular flexibility index (Phi) is 5.68. The number of nitrogens with one attached hydrogen (secondary N) is 1. The van der Waals surface area contributed by atoms with Crippen molar-refractivity contribution in [2.75, 3.05) is 17.5 Å². The van der Waals surface area contributed by atoms with E-state index in [-0.39, 0.29) is 11.9 Å². The number of amides is 1. The lowest BCUT2D eigenvalue weighted by molar-refractivity contribution is 0.0637. The number of carbonyl (C=O) groups is 1. The van der Waals surface area contributed by atoms with E-state index in [9.17, 15) is 13.2 Å². The van der Waals surface area contributed by atoms with Crippen LogP contribution >= 0.6 is 0 Å². The summed E-state index contributed by atoms with van der Waals surface area (Å²) in [6.07, 6.45) is 6.06. The Hall–Kier alpha value is -1.56. The summed E-state index contributed by atoms with van der Waals surface area (Å²) in [6, 6.07) is 5.52. The van der Waals surface area contributed by atoms with Gasteiger partial charge in [-0.05, 0) is 37.0 Å². The highest BCUT2D eigenvalue weighted by molar-refractivity contribution is 7.92. The molecule has 0 aromatic heterocycles. The van der Waals surface area contributed by atoms with Gasteiger partial charge in [0.25, 0.3) is 5.91 Å². The third kappa shape index (κ3) is 4.47. The molecule has 6 heteroatoms. The standard InChI is InChI=1S/C17H26N2O3S/c1-4-6-15(7-5-2)19-11-10-13-8-9-14(18-23(3,21)22)12-16(13)17(19)20/h8-9,12,15,18H,4-7,10-11H2,1-3H3. The summed E-state index contributed by atoms with van der Waals surface area (Å²) in [4.78, 5) is 14.8. The number of hydrogen-bond donors (Lipinski definition) is 1. The van der Waals surface area contributed by atoms with Gasteiger partial charge in [-0.1, -0.05) is 32.8 Å². The van der Waals surface area contributed by atoms with Crippen LogP contribution in [-0.4, -0.2) is 38.1 Å². The van der Waals surface area contributed by atoms with E-state index in [1.165, 1.54) is 0 Å². The van der Waals surface area contributed by atoms with E-state index in [1.807, 2.05) is 11.0 Å². The van der Waals surface area contributed by atoms with Gasteiger partial charge in [0.05, 0.1) is 6.26 Å². The maximum atomic E-state index is 12.9. The van der Waals surface area contributed by atoms with E-state index in [0.29, 0.717) is 11.3 Å². The van der Waals surface area contributed by atoms with Gasteiger partial charge in [-0.2, -0.15) is 0 Å². The van der Waals surface area contributed by atoms with Gasteiger partial charge >= 0.3 is 0 Å². The third-order valence-electron chi connectivity index (χ3n) is 4.21. The van der Waals surface area contributed by atoms with Gasteiger partial charge in [0.2, 0.25) is 10.0 Å². The predicted molar refractivity (Wildman–Crippen MR) is 93.3 cm³/mol. The minimum Gasteiger partial charge on any atom is -0.335 e. The molecule has 0 fully saturated rings. The molecule has 128 valence electrons. The highest BCUT2D eigenvalue weighted by atomic mass is 32.2. The molecule has 0 saturated carbocycles. The molecule has 5 nitrogen and oxygen atoms in total. The molecule has 1 aliphatic heterocycles. The van der Waals surface area contributed by atoms with Crippen molar-refractivity contribution in [3.8, 4) is 0 Å². The van der Waals surface area contributed by atoms with Crippen molar-refractivity contribution in [3.63, 3.8) is 0 Å². The van der Waals surface area contributed by atoms with E-state index in [1.54, 1.807) is 12.1 Å². The fraction of sp³-hybridized carbons (Fsp3) is 0.588. The van der Waals surface area contributed by atoms with E-state index >= 15 is 0 Å². The molecule has 0 unspecified atom stereocenters. The predicted octanol–water partition coefficient (Wildman–Crippen LogP) is 3.03. The van der Waals surface area contributed by atoms with Crippen LogP contribution in [0, 0.1) is 0 Å². The van der Waals surface area contributed by atoms with Gasteiger partial charge in [0.1, 0.15) is 0 Å². The molecular formula is C17H26N2O3S. The number of carbonyl (C=O) groups excluding carboxylic acids is 1. The van der Waals surface area contributed by atoms with Crippen molar-refractivity contribution >= 4 is 21.6 Å². The highest BCUT2D eigenvalue weighted by Gasteiger charge is 2.29. The van der Waals surface area contributed by atoms with Gasteiger partial charge in [-0.3, -0.25) is 9.52 Å². The first-order chi connectivity index (χ1) is 10.9. The maximum absolute atomic E-state index is 12.9. The minimum atomic E-state index is -3.34. The van der Waals surface area contributed by atoms with E-state index < -0.39 is 10.0 Å². The molecule has 0 saturated heterocycles. The largest absolute Gasteiger partial charge is 0.335 e. The lowest BCUT2D eigenvalue weighted by atomic mass is 9.95. The summed E-state index contributed by atoms with van der Waals surface area (Å²) in [7, 11) is -3.34. The Bertz CT molecular complexity index is 664. The molecule has 0 spiro atoms. The zero-order valence-electron chi connectivity index (χ0n) is 14.1. The van der Waals surface area contributed by atoms with Gasteiger partial charge in [-0.15, -0.1) is 0 Å². The molecule has 0 radical (unpaired) electrons. The van der Waals surface area contributed by atoms with Crippen LogP contribution in [0.5, 0.6) is 0 Å². The molecule has 0 aliphatic carbocycles. The fourth-order valence-corrected chi connectivity index (χ4v) is 3.79. The molecule has 1 aromatic rings. The zero-order chi connectivity index (χ0) is 17.0. The number of hydrogen-bond acceptors (Lipinski definition) is 3. The first-order valence-electron chi connectivity index (χ1n) is 8.27. The van der Waals surface area contributed by atoms with Crippen LogP contribution in [0.1, 0.15) is 55.5 Å². The van der Waals surface area contributed by atoms with Crippen LogP contribution in [0.2, 0.25) is 0 Å². The number of anilines is 1. The molecule has 2 rings (SSSR count). The number of benzene rings is 1. The molecule has 1 amide bonds. The lowest BCUT2D eigenvalue weighted by Gasteiger charge is -2.35. The average molecular weight is 338 g/mol. The summed E-state index contributed by atoms with van der Waals surface area (Å²) in [5.41, 5.74) is 2.07. The average Bonchev–Trinajstić information content (AvgIpc) is 2.46. The summed E-state index contributed by atoms with van der Waals surface area (Å²) < 4.78 is 25.2. The summed E-state index contributed by atoms with van der Waals surface area (Å²) >= 11 is 0. The summed E-state index contributed by atoms with van der Waals surface area (Å²) in [5.74, 6) is 0.0234. The minimum absolute atomic E-state index is 0.0234. The number of rotatable bonds is 7. The van der Waals surface area contributed by atoms with Crippen LogP contribution in [0.25, 0.3) is 0 Å². The van der Waals surface area contributed by atoms with Crippen molar-refractivity contribution in [3.05, 3.63) is 29.3 Å². The summed E-state index contributed by atoms with van der Waals surface area (Å²) in [5, 5.41) is 0. The quantitative estimate of drug-likeness (QED) is 0.831. The molecule has 0 bridgehead atoms. The molecule has 23 heavy (non-hydrogen) atoms. The highest BCUT2D eigenvalue weighted by Crippen LogP contribution is 2.26. The van der Waals surface area contributed by atoms with Crippen molar-refractivity contribution < 1.29 is 13.2 Å². The van der Waals surface area contributed by atoms with Crippen LogP contribution in [0.4, 0.5) is 5.69 Å². The van der Waals surface area contributed by atoms with Crippen molar-refractivity contribution in [2.45, 2.75) is 52.0 Å². The second-order valence-corrected chi connectivity index (χ2v) is 7.97. The van der Waals surface area contributed by atoms with Crippen molar-refractivity contribution in [1.29, 1.82) is 0 Å². The Morgan fingerprint density at radius 1 is 1.22 bits per heavy atom. The second-order valence-electron chi connectivity index (χ2n) is 6.23. The SMILES string of the molecule is CCCC(CCC)N1CCc2ccc(NS(C)(=O)=O)cc2C1=O. The first kappa shape index (κ1) is 17.8.